The molecule has 15 heavy (non-hydrogen) atoms. The van der Waals surface area contributed by atoms with E-state index in [4.69, 9.17) is 5.73 Å². The van der Waals surface area contributed by atoms with Crippen LogP contribution in [0.1, 0.15) is 19.8 Å². The van der Waals surface area contributed by atoms with Crippen molar-refractivity contribution in [3.8, 4) is 0 Å². The number of urea groups is 1. The summed E-state index contributed by atoms with van der Waals surface area (Å²) in [6.07, 6.45) is 1.12. The summed E-state index contributed by atoms with van der Waals surface area (Å²) in [6.45, 7) is 4.49. The lowest BCUT2D eigenvalue weighted by atomic mass is 10.1. The Bertz CT molecular complexity index is 203. The molecule has 1 aliphatic heterocycles. The Balaban J connectivity index is 2.22. The van der Waals surface area contributed by atoms with Crippen LogP contribution in [0.4, 0.5) is 4.79 Å². The molecular weight excluding hydrogens is 194 g/mol. The molecular formula is C10H21N3O2. The first-order valence-corrected chi connectivity index (χ1v) is 5.54. The molecule has 0 aromatic heterocycles. The third-order valence-electron chi connectivity index (χ3n) is 2.76. The van der Waals surface area contributed by atoms with Crippen molar-refractivity contribution in [2.75, 3.05) is 26.2 Å². The summed E-state index contributed by atoms with van der Waals surface area (Å²) in [7, 11) is 0. The predicted octanol–water partition coefficient (Wildman–Crippen LogP) is -0.252. The van der Waals surface area contributed by atoms with Crippen LogP contribution < -0.4 is 11.1 Å². The van der Waals surface area contributed by atoms with E-state index in [1.54, 1.807) is 4.90 Å². The number of nitrogens with two attached hydrogens (primary N) is 1. The van der Waals surface area contributed by atoms with Crippen LogP contribution in [-0.2, 0) is 0 Å². The molecule has 1 heterocycles. The summed E-state index contributed by atoms with van der Waals surface area (Å²) in [5.41, 5.74) is 5.46. The first-order chi connectivity index (χ1) is 7.13. The Kier molecular flexibility index (Phi) is 4.84. The first-order valence-electron chi connectivity index (χ1n) is 5.54. The van der Waals surface area contributed by atoms with E-state index in [-0.39, 0.29) is 12.1 Å². The number of hydrogen-bond donors (Lipinski definition) is 3. The topological polar surface area (TPSA) is 78.6 Å². The maximum atomic E-state index is 11.6. The molecule has 5 heteroatoms. The molecule has 0 aromatic rings. The lowest BCUT2D eigenvalue weighted by Gasteiger charge is -2.30. The van der Waals surface area contributed by atoms with Gasteiger partial charge in [-0.1, -0.05) is 6.92 Å². The number of rotatable bonds is 3. The molecule has 1 aliphatic rings. The molecule has 2 amide bonds. The largest absolute Gasteiger partial charge is 0.393 e. The van der Waals surface area contributed by atoms with Crippen LogP contribution in [0.2, 0.25) is 0 Å². The minimum atomic E-state index is -0.239. The molecule has 0 aromatic carbocycles. The van der Waals surface area contributed by atoms with Crippen LogP contribution in [0.15, 0.2) is 0 Å². The quantitative estimate of drug-likeness (QED) is 0.607. The zero-order valence-corrected chi connectivity index (χ0v) is 9.28. The van der Waals surface area contributed by atoms with E-state index in [1.807, 2.05) is 6.92 Å². The van der Waals surface area contributed by atoms with Crippen LogP contribution in [0.5, 0.6) is 0 Å². The number of nitrogens with one attached hydrogen (secondary N) is 1. The highest BCUT2D eigenvalue weighted by atomic mass is 16.3. The molecule has 1 atom stereocenters. The summed E-state index contributed by atoms with van der Waals surface area (Å²) in [4.78, 5) is 13.4. The summed E-state index contributed by atoms with van der Waals surface area (Å²) in [5, 5.41) is 12.1. The Morgan fingerprint density at radius 3 is 2.73 bits per heavy atom. The number of carbonyl (C=O) groups is 1. The van der Waals surface area contributed by atoms with Crippen molar-refractivity contribution >= 4 is 6.03 Å². The highest BCUT2D eigenvalue weighted by molar-refractivity contribution is 5.74. The predicted molar refractivity (Wildman–Crippen MR) is 58.4 cm³/mol. The molecule has 0 saturated carbocycles. The highest BCUT2D eigenvalue weighted by Gasteiger charge is 2.20. The van der Waals surface area contributed by atoms with Gasteiger partial charge in [0.05, 0.1) is 6.10 Å². The molecule has 88 valence electrons. The van der Waals surface area contributed by atoms with E-state index < -0.39 is 0 Å². The summed E-state index contributed by atoms with van der Waals surface area (Å²) < 4.78 is 0. The first kappa shape index (κ1) is 12.3. The van der Waals surface area contributed by atoms with Gasteiger partial charge in [-0.05, 0) is 25.3 Å². The minimum absolute atomic E-state index is 0.0396. The monoisotopic (exact) mass is 215 g/mol. The highest BCUT2D eigenvalue weighted by Crippen LogP contribution is 2.09. The van der Waals surface area contributed by atoms with Gasteiger partial charge in [-0.3, -0.25) is 0 Å². The van der Waals surface area contributed by atoms with Gasteiger partial charge in [-0.2, -0.15) is 0 Å². The standard InChI is InChI=1S/C10H21N3O2/c1-8(6-11)7-12-10(15)13-4-2-9(14)3-5-13/h8-9,14H,2-7,11H2,1H3,(H,12,15). The third kappa shape index (κ3) is 4.05. The summed E-state index contributed by atoms with van der Waals surface area (Å²) >= 11 is 0. The second-order valence-electron chi connectivity index (χ2n) is 4.25. The van der Waals surface area contributed by atoms with E-state index in [0.717, 1.165) is 0 Å². The zero-order chi connectivity index (χ0) is 11.3. The number of carbonyl (C=O) groups excluding carboxylic acids is 1. The van der Waals surface area contributed by atoms with Crippen molar-refractivity contribution in [1.82, 2.24) is 10.2 Å². The van der Waals surface area contributed by atoms with Gasteiger partial charge in [0.1, 0.15) is 0 Å². The van der Waals surface area contributed by atoms with Gasteiger partial charge in [-0.15, -0.1) is 0 Å². The zero-order valence-electron chi connectivity index (χ0n) is 9.28. The number of piperidine rings is 1. The van der Waals surface area contributed by atoms with Crippen molar-refractivity contribution in [3.63, 3.8) is 0 Å². The number of aliphatic hydroxyl groups excluding tert-OH is 1. The van der Waals surface area contributed by atoms with Crippen LogP contribution in [0.3, 0.4) is 0 Å². The molecule has 0 aliphatic carbocycles. The van der Waals surface area contributed by atoms with Crippen LogP contribution in [0.25, 0.3) is 0 Å². The summed E-state index contributed by atoms with van der Waals surface area (Å²) in [5.74, 6) is 0.310. The second kappa shape index (κ2) is 5.92. The third-order valence-corrected chi connectivity index (χ3v) is 2.76. The maximum Gasteiger partial charge on any atom is 0.317 e. The molecule has 1 saturated heterocycles. The fourth-order valence-electron chi connectivity index (χ4n) is 1.53. The maximum absolute atomic E-state index is 11.6. The molecule has 1 unspecified atom stereocenters. The second-order valence-corrected chi connectivity index (χ2v) is 4.25. The average molecular weight is 215 g/mol. The Morgan fingerprint density at radius 1 is 1.60 bits per heavy atom. The van der Waals surface area contributed by atoms with E-state index in [1.165, 1.54) is 0 Å². The van der Waals surface area contributed by atoms with Crippen molar-refractivity contribution in [2.24, 2.45) is 11.7 Å². The minimum Gasteiger partial charge on any atom is -0.393 e. The lowest BCUT2D eigenvalue weighted by Crippen LogP contribution is -2.46. The number of hydrogen-bond acceptors (Lipinski definition) is 3. The van der Waals surface area contributed by atoms with Crippen molar-refractivity contribution in [2.45, 2.75) is 25.9 Å². The average Bonchev–Trinajstić information content (AvgIpc) is 2.26. The number of likely N-dealkylation sites (tertiary alicyclic amines) is 1. The Hall–Kier alpha value is -0.810. The molecule has 5 nitrogen and oxygen atoms in total. The fourth-order valence-corrected chi connectivity index (χ4v) is 1.53. The van der Waals surface area contributed by atoms with Crippen LogP contribution >= 0.6 is 0 Å². The SMILES string of the molecule is CC(CN)CNC(=O)N1CCC(O)CC1. The number of aliphatic hydroxyl groups is 1. The van der Waals surface area contributed by atoms with Gasteiger partial charge < -0.3 is 21.1 Å². The smallest absolute Gasteiger partial charge is 0.317 e. The van der Waals surface area contributed by atoms with Gasteiger partial charge in [0.15, 0.2) is 0 Å². The van der Waals surface area contributed by atoms with E-state index >= 15 is 0 Å². The van der Waals surface area contributed by atoms with Crippen LogP contribution in [-0.4, -0.2) is 48.3 Å². The number of amides is 2. The van der Waals surface area contributed by atoms with Gasteiger partial charge in [-0.25, -0.2) is 4.79 Å². The molecule has 0 radical (unpaired) electrons. The molecule has 1 fully saturated rings. The Labute approximate surface area is 90.6 Å². The fraction of sp³-hybridized carbons (Fsp3) is 0.900. The number of nitrogens with zero attached hydrogens (tertiary/aromatic N) is 1. The molecule has 0 spiro atoms. The Morgan fingerprint density at radius 2 is 2.20 bits per heavy atom. The van der Waals surface area contributed by atoms with Gasteiger partial charge in [0.2, 0.25) is 0 Å². The van der Waals surface area contributed by atoms with E-state index in [9.17, 15) is 9.90 Å². The van der Waals surface area contributed by atoms with Gasteiger partial charge in [0.25, 0.3) is 0 Å². The van der Waals surface area contributed by atoms with Crippen LogP contribution in [0, 0.1) is 5.92 Å². The van der Waals surface area contributed by atoms with Crippen molar-refractivity contribution < 1.29 is 9.90 Å². The molecule has 1 rings (SSSR count). The van der Waals surface area contributed by atoms with E-state index in [0.29, 0.717) is 44.9 Å². The summed E-state index contributed by atoms with van der Waals surface area (Å²) in [6, 6.07) is -0.0396. The molecule has 0 bridgehead atoms. The van der Waals surface area contributed by atoms with Gasteiger partial charge in [0, 0.05) is 19.6 Å². The normalized spacial score (nSPS) is 20.1. The lowest BCUT2D eigenvalue weighted by molar-refractivity contribution is 0.0935. The van der Waals surface area contributed by atoms with E-state index in [2.05, 4.69) is 5.32 Å². The van der Waals surface area contributed by atoms with Crippen molar-refractivity contribution in [1.29, 1.82) is 0 Å². The van der Waals surface area contributed by atoms with Gasteiger partial charge >= 0.3 is 6.03 Å². The molecule has 4 N–H and O–H groups in total. The van der Waals surface area contributed by atoms with Crippen molar-refractivity contribution in [3.05, 3.63) is 0 Å².